The Morgan fingerprint density at radius 3 is 2.37 bits per heavy atom. The van der Waals surface area contributed by atoms with Gasteiger partial charge in [-0.2, -0.15) is 0 Å². The summed E-state index contributed by atoms with van der Waals surface area (Å²) in [6.07, 6.45) is -0.296. The highest BCUT2D eigenvalue weighted by Crippen LogP contribution is 2.26. The monoisotopic (exact) mass is 414 g/mol. The van der Waals surface area contributed by atoms with Crippen molar-refractivity contribution in [1.29, 1.82) is 5.41 Å². The molecule has 2 aromatic carbocycles. The number of benzene rings is 2. The molecule has 30 heavy (non-hydrogen) atoms. The first kappa shape index (κ1) is 21.6. The molecule has 8 heteroatoms. The van der Waals surface area contributed by atoms with E-state index in [4.69, 9.17) is 20.6 Å². The van der Waals surface area contributed by atoms with Crippen molar-refractivity contribution >= 4 is 23.2 Å². The van der Waals surface area contributed by atoms with Crippen LogP contribution in [0.3, 0.4) is 0 Å². The van der Waals surface area contributed by atoms with Gasteiger partial charge in [0, 0.05) is 44.5 Å². The van der Waals surface area contributed by atoms with Crippen LogP contribution in [0.5, 0.6) is 0 Å². The Balaban J connectivity index is 1.60. The van der Waals surface area contributed by atoms with Crippen LogP contribution in [-0.4, -0.2) is 45.1 Å². The number of amidine groups is 1. The molecule has 7 nitrogen and oxygen atoms in total. The first-order chi connectivity index (χ1) is 14.5. The lowest BCUT2D eigenvalue weighted by Crippen LogP contribution is -2.46. The van der Waals surface area contributed by atoms with Crippen LogP contribution in [0, 0.1) is 11.2 Å². The molecule has 1 heterocycles. The van der Waals surface area contributed by atoms with Gasteiger partial charge in [-0.25, -0.2) is 4.39 Å². The van der Waals surface area contributed by atoms with Crippen LogP contribution in [-0.2, 0) is 27.5 Å². The number of anilines is 2. The highest BCUT2D eigenvalue weighted by molar-refractivity contribution is 5.94. The molecule has 1 saturated heterocycles. The molecule has 1 aliphatic rings. The Labute approximate surface area is 175 Å². The van der Waals surface area contributed by atoms with Crippen molar-refractivity contribution in [1.82, 2.24) is 0 Å². The fourth-order valence-corrected chi connectivity index (χ4v) is 3.46. The number of rotatable bonds is 8. The number of nitrogens with one attached hydrogen (secondary N) is 1. The average Bonchev–Trinajstić information content (AvgIpc) is 2.73. The lowest BCUT2D eigenvalue weighted by Gasteiger charge is -2.37. The van der Waals surface area contributed by atoms with Crippen molar-refractivity contribution in [3.05, 3.63) is 59.4 Å². The number of ether oxygens (including phenoxy) is 2. The minimum atomic E-state index is -0.641. The molecular weight excluding hydrogens is 387 g/mol. The Hall–Kier alpha value is -3.13. The summed E-state index contributed by atoms with van der Waals surface area (Å²) < 4.78 is 25.2. The van der Waals surface area contributed by atoms with Gasteiger partial charge in [0.05, 0.1) is 12.3 Å². The highest BCUT2D eigenvalue weighted by atomic mass is 19.1. The number of piperazine rings is 1. The molecule has 1 aliphatic heterocycles. The van der Waals surface area contributed by atoms with Crippen LogP contribution in [0.4, 0.5) is 15.8 Å². The fourth-order valence-electron chi connectivity index (χ4n) is 3.46. The van der Waals surface area contributed by atoms with Crippen molar-refractivity contribution in [3.8, 4) is 0 Å². The maximum Gasteiger partial charge on any atom is 0.313 e. The summed E-state index contributed by atoms with van der Waals surface area (Å²) >= 11 is 0. The molecule has 0 unspecified atom stereocenters. The quantitative estimate of drug-likeness (QED) is 0.392. The summed E-state index contributed by atoms with van der Waals surface area (Å²) in [4.78, 5) is 15.8. The van der Waals surface area contributed by atoms with E-state index < -0.39 is 5.97 Å². The molecule has 0 radical (unpaired) electrons. The zero-order valence-electron chi connectivity index (χ0n) is 17.1. The van der Waals surface area contributed by atoms with Gasteiger partial charge in [-0.15, -0.1) is 0 Å². The number of methoxy groups -OCH3 is 1. The van der Waals surface area contributed by atoms with Crippen molar-refractivity contribution in [2.45, 2.75) is 19.6 Å². The number of carbonyl (C=O) groups excluding carboxylic acids is 1. The molecule has 1 fully saturated rings. The molecule has 0 aromatic heterocycles. The molecular formula is C22H27FN4O3. The molecule has 2 aromatic rings. The van der Waals surface area contributed by atoms with Crippen molar-refractivity contribution in [2.24, 2.45) is 5.73 Å². The minimum absolute atomic E-state index is 0.181. The summed E-state index contributed by atoms with van der Waals surface area (Å²) in [6, 6.07) is 13.4. The van der Waals surface area contributed by atoms with E-state index >= 15 is 0 Å². The molecule has 0 amide bonds. The van der Waals surface area contributed by atoms with Gasteiger partial charge in [0.2, 0.25) is 0 Å². The predicted molar refractivity (Wildman–Crippen MR) is 114 cm³/mol. The molecule has 0 bridgehead atoms. The molecule has 0 atom stereocenters. The predicted octanol–water partition coefficient (Wildman–Crippen LogP) is 2.67. The number of nitrogens with two attached hydrogens (primary N) is 1. The van der Waals surface area contributed by atoms with Crippen molar-refractivity contribution in [3.63, 3.8) is 0 Å². The van der Waals surface area contributed by atoms with E-state index in [0.29, 0.717) is 30.9 Å². The van der Waals surface area contributed by atoms with Gasteiger partial charge >= 0.3 is 5.97 Å². The third-order valence-corrected chi connectivity index (χ3v) is 5.01. The lowest BCUT2D eigenvalue weighted by atomic mass is 10.1. The van der Waals surface area contributed by atoms with Crippen LogP contribution in [0.25, 0.3) is 0 Å². The second-order valence-electron chi connectivity index (χ2n) is 7.19. The van der Waals surface area contributed by atoms with E-state index in [2.05, 4.69) is 29.2 Å². The van der Waals surface area contributed by atoms with Crippen LogP contribution in [0.15, 0.2) is 42.5 Å². The normalized spacial score (nSPS) is 13.9. The SMILES string of the molecule is COCc1ccc(N2CCN(c3cccc(COC(=O)CC(=N)N)c3F)CC2)cc1. The number of nitrogens with zero attached hydrogens (tertiary/aromatic N) is 2. The molecule has 160 valence electrons. The second kappa shape index (κ2) is 10.1. The molecule has 0 spiro atoms. The summed E-state index contributed by atoms with van der Waals surface area (Å²) in [5.41, 5.74) is 8.26. The van der Waals surface area contributed by atoms with Gasteiger partial charge in [-0.05, 0) is 23.8 Å². The van der Waals surface area contributed by atoms with Crippen molar-refractivity contribution < 1.29 is 18.7 Å². The van der Waals surface area contributed by atoms with Gasteiger partial charge in [-0.1, -0.05) is 24.3 Å². The maximum absolute atomic E-state index is 15.0. The number of halogens is 1. The van der Waals surface area contributed by atoms with E-state index in [1.165, 1.54) is 0 Å². The standard InChI is InChI=1S/C22H27FN4O3/c1-29-14-16-5-7-18(8-6-16)26-9-11-27(12-10-26)19-4-2-3-17(22(19)23)15-30-21(28)13-20(24)25/h2-8H,9-15H2,1H3,(H3,24,25). The van der Waals surface area contributed by atoms with Crippen LogP contribution in [0.1, 0.15) is 17.5 Å². The van der Waals surface area contributed by atoms with E-state index in [1.807, 2.05) is 4.90 Å². The van der Waals surface area contributed by atoms with Gasteiger partial charge in [-0.3, -0.25) is 10.2 Å². The van der Waals surface area contributed by atoms with Gasteiger partial charge in [0.25, 0.3) is 0 Å². The molecule has 0 aliphatic carbocycles. The summed E-state index contributed by atoms with van der Waals surface area (Å²) in [7, 11) is 1.68. The van der Waals surface area contributed by atoms with Crippen LogP contribution < -0.4 is 15.5 Å². The number of carbonyl (C=O) groups is 1. The largest absolute Gasteiger partial charge is 0.460 e. The first-order valence-corrected chi connectivity index (χ1v) is 9.81. The summed E-state index contributed by atoms with van der Waals surface area (Å²) in [5.74, 6) is -1.30. The van der Waals surface area contributed by atoms with Crippen LogP contribution >= 0.6 is 0 Å². The zero-order chi connectivity index (χ0) is 21.5. The van der Waals surface area contributed by atoms with Gasteiger partial charge < -0.3 is 25.0 Å². The minimum Gasteiger partial charge on any atom is -0.460 e. The maximum atomic E-state index is 15.0. The Morgan fingerprint density at radius 2 is 1.73 bits per heavy atom. The smallest absolute Gasteiger partial charge is 0.313 e. The van der Waals surface area contributed by atoms with Gasteiger partial charge in [0.15, 0.2) is 5.82 Å². The summed E-state index contributed by atoms with van der Waals surface area (Å²) in [6.45, 7) is 3.34. The topological polar surface area (TPSA) is 91.9 Å². The lowest BCUT2D eigenvalue weighted by molar-refractivity contribution is -0.143. The highest BCUT2D eigenvalue weighted by Gasteiger charge is 2.21. The number of esters is 1. The number of hydrogen-bond donors (Lipinski definition) is 2. The first-order valence-electron chi connectivity index (χ1n) is 9.81. The number of hydrogen-bond acceptors (Lipinski definition) is 6. The van der Waals surface area contributed by atoms with Crippen molar-refractivity contribution in [2.75, 3.05) is 43.1 Å². The Bertz CT molecular complexity index is 880. The van der Waals surface area contributed by atoms with Crippen LogP contribution in [0.2, 0.25) is 0 Å². The zero-order valence-corrected chi connectivity index (χ0v) is 17.1. The molecule has 3 rings (SSSR count). The van der Waals surface area contributed by atoms with E-state index in [-0.39, 0.29) is 24.7 Å². The Morgan fingerprint density at radius 1 is 1.07 bits per heavy atom. The average molecular weight is 414 g/mol. The van der Waals surface area contributed by atoms with Gasteiger partial charge in [0.1, 0.15) is 18.9 Å². The van der Waals surface area contributed by atoms with E-state index in [1.54, 1.807) is 25.3 Å². The van der Waals surface area contributed by atoms with E-state index in [0.717, 1.165) is 24.3 Å². The fraction of sp³-hybridized carbons (Fsp3) is 0.364. The van der Waals surface area contributed by atoms with E-state index in [9.17, 15) is 9.18 Å². The Kier molecular flexibility index (Phi) is 7.24. The molecule has 3 N–H and O–H groups in total. The third-order valence-electron chi connectivity index (χ3n) is 5.01. The second-order valence-corrected chi connectivity index (χ2v) is 7.19. The third kappa shape index (κ3) is 5.48. The summed E-state index contributed by atoms with van der Waals surface area (Å²) in [5, 5.41) is 7.11. The molecule has 0 saturated carbocycles.